The van der Waals surface area contributed by atoms with E-state index in [-0.39, 0.29) is 33.6 Å². The number of hydrogen-bond donors (Lipinski definition) is 0. The number of benzene rings is 6. The van der Waals surface area contributed by atoms with Crippen LogP contribution in [0, 0.1) is 42.9 Å². The van der Waals surface area contributed by atoms with E-state index >= 15 is 17.6 Å². The Balaban J connectivity index is 1.41. The van der Waals surface area contributed by atoms with Crippen LogP contribution in [0.4, 0.5) is 39.0 Å². The van der Waals surface area contributed by atoms with Gasteiger partial charge < -0.3 is 14.4 Å². The van der Waals surface area contributed by atoms with Gasteiger partial charge in [-0.25, -0.2) is 22.0 Å². The highest BCUT2D eigenvalue weighted by atomic mass is 28.3. The summed E-state index contributed by atoms with van der Waals surface area (Å²) in [4.78, 5) is 2.11. The molecule has 0 saturated carbocycles. The fraction of sp³-hybridized carbons (Fsp3) is 0.122. The van der Waals surface area contributed by atoms with E-state index < -0.39 is 42.3 Å². The summed E-state index contributed by atoms with van der Waals surface area (Å²) in [7, 11) is -4.35. The smallest absolute Gasteiger partial charge is 0.204 e. The van der Waals surface area contributed by atoms with Crippen molar-refractivity contribution < 1.29 is 31.4 Å². The quantitative estimate of drug-likeness (QED) is 0.0785. The molecule has 3 nitrogen and oxygen atoms in total. The van der Waals surface area contributed by atoms with E-state index in [2.05, 4.69) is 56.9 Å². The molecule has 0 saturated heterocycles. The lowest BCUT2D eigenvalue weighted by Crippen LogP contribution is -2.79. The standard InChI is InChI=1S/C41H28F5NO2Si/c1-21-13-15-26-24(17-21)41(3,4)25-18-22(2)14-16-27(25)47(26)23-19-30-39-31(20-23)49-29-10-6-8-12-33(29)50(39,32-11-7-5-9-28(32)48-30)40-37(45)35(43)34(42)36(44)38(40)46/h5-20H,1-4H3. The number of nitrogens with zero attached hydrogens (tertiary/aromatic N) is 1. The molecule has 9 heteroatoms. The Morgan fingerprint density at radius 3 is 1.44 bits per heavy atom. The monoisotopic (exact) mass is 689 g/mol. The Bertz CT molecular complexity index is 2320. The Kier molecular flexibility index (Phi) is 6.31. The van der Waals surface area contributed by atoms with Crippen molar-refractivity contribution in [1.29, 1.82) is 0 Å². The summed E-state index contributed by atoms with van der Waals surface area (Å²) in [5, 5.41) is 0.105. The van der Waals surface area contributed by atoms with E-state index in [0.717, 1.165) is 33.6 Å². The van der Waals surface area contributed by atoms with Crippen LogP contribution in [0.1, 0.15) is 36.1 Å². The lowest BCUT2D eigenvalue weighted by atomic mass is 9.72. The van der Waals surface area contributed by atoms with Crippen LogP contribution in [0.5, 0.6) is 23.0 Å². The second-order valence-electron chi connectivity index (χ2n) is 13.7. The maximum Gasteiger partial charge on any atom is 0.204 e. The highest BCUT2D eigenvalue weighted by Crippen LogP contribution is 2.54. The highest BCUT2D eigenvalue weighted by molar-refractivity contribution is 7.21. The van der Waals surface area contributed by atoms with Crippen LogP contribution in [-0.2, 0) is 5.41 Å². The zero-order chi connectivity index (χ0) is 34.9. The van der Waals surface area contributed by atoms with Gasteiger partial charge in [-0.3, -0.25) is 0 Å². The second kappa shape index (κ2) is 10.3. The van der Waals surface area contributed by atoms with Crippen molar-refractivity contribution in [2.45, 2.75) is 33.1 Å². The molecular weight excluding hydrogens is 662 g/mol. The fourth-order valence-corrected chi connectivity index (χ4v) is 13.4. The van der Waals surface area contributed by atoms with Gasteiger partial charge in [0, 0.05) is 27.9 Å². The molecule has 0 fully saturated rings. The number of ether oxygens (including phenoxy) is 2. The molecule has 3 aliphatic rings. The van der Waals surface area contributed by atoms with Gasteiger partial charge in [0.2, 0.25) is 13.9 Å². The van der Waals surface area contributed by atoms with E-state index in [9.17, 15) is 4.39 Å². The second-order valence-corrected chi connectivity index (χ2v) is 17.3. The van der Waals surface area contributed by atoms with Crippen molar-refractivity contribution in [3.63, 3.8) is 0 Å². The third-order valence-electron chi connectivity index (χ3n) is 10.4. The molecule has 6 aromatic rings. The molecule has 0 aliphatic carbocycles. The summed E-state index contributed by atoms with van der Waals surface area (Å²) in [6.45, 7) is 8.49. The van der Waals surface area contributed by atoms with Gasteiger partial charge in [-0.2, -0.15) is 0 Å². The van der Waals surface area contributed by atoms with Gasteiger partial charge >= 0.3 is 0 Å². The Labute approximate surface area is 286 Å². The number of anilines is 3. The van der Waals surface area contributed by atoms with Crippen LogP contribution in [0.25, 0.3) is 0 Å². The van der Waals surface area contributed by atoms with Gasteiger partial charge in [-0.05, 0) is 59.6 Å². The molecule has 0 N–H and O–H groups in total. The number of fused-ring (bicyclic) bond motifs is 6. The fourth-order valence-electron chi connectivity index (χ4n) is 8.19. The van der Waals surface area contributed by atoms with E-state index in [1.165, 1.54) is 0 Å². The van der Waals surface area contributed by atoms with Crippen LogP contribution in [0.15, 0.2) is 97.1 Å². The molecule has 0 aromatic heterocycles. The van der Waals surface area contributed by atoms with Gasteiger partial charge in [0.05, 0.1) is 17.1 Å². The first-order chi connectivity index (χ1) is 23.9. The van der Waals surface area contributed by atoms with Crippen molar-refractivity contribution in [2.75, 3.05) is 4.90 Å². The zero-order valence-corrected chi connectivity index (χ0v) is 28.4. The van der Waals surface area contributed by atoms with Gasteiger partial charge in [-0.15, -0.1) is 0 Å². The van der Waals surface area contributed by atoms with Gasteiger partial charge in [-0.1, -0.05) is 85.6 Å². The van der Waals surface area contributed by atoms with Crippen molar-refractivity contribution in [3.05, 3.63) is 148 Å². The van der Waals surface area contributed by atoms with Crippen LogP contribution in [0.2, 0.25) is 0 Å². The molecule has 6 aromatic carbocycles. The first-order valence-corrected chi connectivity index (χ1v) is 18.2. The van der Waals surface area contributed by atoms with E-state index in [0.29, 0.717) is 16.1 Å². The Morgan fingerprint density at radius 2 is 0.960 bits per heavy atom. The average molecular weight is 690 g/mol. The number of aryl methyl sites for hydroxylation is 2. The number of hydrogen-bond acceptors (Lipinski definition) is 3. The van der Waals surface area contributed by atoms with Crippen molar-refractivity contribution in [3.8, 4) is 23.0 Å². The van der Waals surface area contributed by atoms with E-state index in [4.69, 9.17) is 9.47 Å². The van der Waals surface area contributed by atoms with Crippen LogP contribution < -0.4 is 35.1 Å². The van der Waals surface area contributed by atoms with Crippen molar-refractivity contribution in [2.24, 2.45) is 0 Å². The molecule has 248 valence electrons. The van der Waals surface area contributed by atoms with Crippen LogP contribution >= 0.6 is 0 Å². The van der Waals surface area contributed by atoms with Crippen molar-refractivity contribution >= 4 is 45.9 Å². The Hall–Kier alpha value is -5.41. The van der Waals surface area contributed by atoms with Crippen LogP contribution in [-0.4, -0.2) is 8.07 Å². The first kappa shape index (κ1) is 30.6. The topological polar surface area (TPSA) is 21.7 Å². The summed E-state index contributed by atoms with van der Waals surface area (Å²) in [5.74, 6) is -8.97. The maximum atomic E-state index is 16.3. The predicted octanol–water partition coefficient (Wildman–Crippen LogP) is 8.70. The van der Waals surface area contributed by atoms with Gasteiger partial charge in [0.1, 0.15) is 23.0 Å². The average Bonchev–Trinajstić information content (AvgIpc) is 3.10. The summed E-state index contributed by atoms with van der Waals surface area (Å²) in [6.07, 6.45) is 0. The van der Waals surface area contributed by atoms with Crippen LogP contribution in [0.3, 0.4) is 0 Å². The van der Waals surface area contributed by atoms with Gasteiger partial charge in [0.25, 0.3) is 0 Å². The summed E-state index contributed by atoms with van der Waals surface area (Å²) in [5.41, 5.74) is 6.57. The molecule has 0 spiro atoms. The molecule has 0 amide bonds. The van der Waals surface area contributed by atoms with E-state index in [1.54, 1.807) is 60.7 Å². The Morgan fingerprint density at radius 1 is 0.520 bits per heavy atom. The molecule has 3 aliphatic heterocycles. The highest BCUT2D eigenvalue weighted by Gasteiger charge is 2.57. The minimum absolute atomic E-state index is 0.216. The van der Waals surface area contributed by atoms with Gasteiger partial charge in [0.15, 0.2) is 23.3 Å². The molecule has 0 bridgehead atoms. The lowest BCUT2D eigenvalue weighted by molar-refractivity contribution is 0.383. The molecule has 0 unspecified atom stereocenters. The summed E-state index contributed by atoms with van der Waals surface area (Å²) < 4.78 is 90.8. The molecular formula is C41H28F5NO2Si. The SMILES string of the molecule is Cc1ccc2c(c1)C(C)(C)c1cc(C)ccc1N2c1cc2c3c(c1)Oc1ccccc1[Si]3(c1c(F)c(F)c(F)c(F)c1F)c1ccccc1O2. The normalized spacial score (nSPS) is 15.5. The minimum atomic E-state index is -4.35. The minimum Gasteiger partial charge on any atom is -0.457 e. The zero-order valence-electron chi connectivity index (χ0n) is 27.4. The largest absolute Gasteiger partial charge is 0.457 e. The predicted molar refractivity (Wildman–Crippen MR) is 186 cm³/mol. The maximum absolute atomic E-state index is 16.3. The number of rotatable bonds is 2. The lowest BCUT2D eigenvalue weighted by Gasteiger charge is -2.45. The first-order valence-electron chi connectivity index (χ1n) is 16.2. The number of halogens is 5. The molecule has 9 rings (SSSR count). The van der Waals surface area contributed by atoms with Crippen molar-refractivity contribution in [1.82, 2.24) is 0 Å². The summed E-state index contributed by atoms with van der Waals surface area (Å²) >= 11 is 0. The molecule has 0 atom stereocenters. The molecule has 0 radical (unpaired) electrons. The van der Waals surface area contributed by atoms with E-state index in [1.807, 2.05) is 12.1 Å². The number of para-hydroxylation sites is 2. The third kappa shape index (κ3) is 3.83. The molecule has 50 heavy (non-hydrogen) atoms. The third-order valence-corrected chi connectivity index (χ3v) is 15.3. The molecule has 3 heterocycles. The summed E-state index contributed by atoms with van der Waals surface area (Å²) in [6, 6.07) is 29.5.